The summed E-state index contributed by atoms with van der Waals surface area (Å²) in [6, 6.07) is 0. The van der Waals surface area contributed by atoms with E-state index < -0.39 is 11.4 Å². The highest BCUT2D eigenvalue weighted by atomic mass is 79.9. The van der Waals surface area contributed by atoms with Crippen molar-refractivity contribution < 1.29 is 23.9 Å². The van der Waals surface area contributed by atoms with Crippen LogP contribution in [0.5, 0.6) is 0 Å². The highest BCUT2D eigenvalue weighted by Crippen LogP contribution is 2.64. The Balaban J connectivity index is 1.48. The Morgan fingerprint density at radius 2 is 1.66 bits per heavy atom. The fraction of sp³-hybridized carbons (Fsp3) is 0.682. The minimum atomic E-state index is -0.536. The third kappa shape index (κ3) is 3.56. The average Bonchev–Trinajstić information content (AvgIpc) is 2.91. The van der Waals surface area contributed by atoms with Gasteiger partial charge in [0.1, 0.15) is 0 Å². The van der Waals surface area contributed by atoms with Gasteiger partial charge in [0.2, 0.25) is 5.78 Å². The van der Waals surface area contributed by atoms with Crippen LogP contribution in [-0.4, -0.2) is 40.2 Å². The molecule has 0 saturated heterocycles. The molecule has 7 heteroatoms. The van der Waals surface area contributed by atoms with Crippen LogP contribution in [0.15, 0.2) is 0 Å². The normalized spacial score (nSPS) is 32.3. The van der Waals surface area contributed by atoms with Crippen molar-refractivity contribution in [2.75, 3.05) is 13.2 Å². The summed E-state index contributed by atoms with van der Waals surface area (Å²) < 4.78 is 10.7. The molecule has 0 radical (unpaired) electrons. The number of ether oxygens (including phenoxy) is 2. The number of alkyl halides is 1. The third-order valence-electron chi connectivity index (χ3n) is 6.89. The van der Waals surface area contributed by atoms with E-state index in [1.807, 2.05) is 0 Å². The summed E-state index contributed by atoms with van der Waals surface area (Å²) in [5.74, 6) is -0.0491. The highest BCUT2D eigenvalue weighted by molar-refractivity contribution is 9.10. The standard InChI is InChI=1S/C22H28BrNO5/c1-4-28-19(26)18-13(3)24-12(2)17(18)16(25)10-29-20(27)21-6-14-5-15(7-21)9-22(23,8-14)11-21/h14-15,24H,4-11H2,1-3H3/t14-,15-,21?,22?/m1/s1. The predicted molar refractivity (Wildman–Crippen MR) is 110 cm³/mol. The van der Waals surface area contributed by atoms with Gasteiger partial charge in [-0.15, -0.1) is 0 Å². The van der Waals surface area contributed by atoms with Crippen LogP contribution >= 0.6 is 15.9 Å². The molecule has 1 aromatic rings. The quantitative estimate of drug-likeness (QED) is 0.385. The summed E-state index contributed by atoms with van der Waals surface area (Å²) in [6.07, 6.45) is 5.97. The Hall–Kier alpha value is -1.63. The number of nitrogens with one attached hydrogen (secondary N) is 1. The maximum Gasteiger partial charge on any atom is 0.340 e. The second kappa shape index (κ2) is 7.25. The molecule has 4 bridgehead atoms. The van der Waals surface area contributed by atoms with E-state index in [2.05, 4.69) is 20.9 Å². The molecule has 29 heavy (non-hydrogen) atoms. The third-order valence-corrected chi connectivity index (χ3v) is 7.82. The maximum absolute atomic E-state index is 13.1. The summed E-state index contributed by atoms with van der Waals surface area (Å²) in [5, 5.41) is 0. The van der Waals surface area contributed by atoms with E-state index in [-0.39, 0.29) is 40.4 Å². The Morgan fingerprint density at radius 1 is 1.03 bits per heavy atom. The number of aryl methyl sites for hydroxylation is 2. The van der Waals surface area contributed by atoms with Crippen molar-refractivity contribution in [1.29, 1.82) is 0 Å². The predicted octanol–water partition coefficient (Wildman–Crippen LogP) is 4.27. The van der Waals surface area contributed by atoms with Crippen molar-refractivity contribution in [1.82, 2.24) is 4.98 Å². The first-order valence-corrected chi connectivity index (χ1v) is 11.2. The lowest BCUT2D eigenvalue weighted by Gasteiger charge is -2.58. The van der Waals surface area contributed by atoms with Crippen LogP contribution in [0.2, 0.25) is 0 Å². The highest BCUT2D eigenvalue weighted by Gasteiger charge is 2.60. The molecule has 1 N–H and O–H groups in total. The molecule has 0 unspecified atom stereocenters. The van der Waals surface area contributed by atoms with E-state index in [4.69, 9.17) is 9.47 Å². The van der Waals surface area contributed by atoms with Gasteiger partial charge < -0.3 is 14.5 Å². The van der Waals surface area contributed by atoms with Crippen molar-refractivity contribution in [2.24, 2.45) is 17.3 Å². The van der Waals surface area contributed by atoms with Crippen molar-refractivity contribution in [3.63, 3.8) is 0 Å². The van der Waals surface area contributed by atoms with E-state index in [0.29, 0.717) is 23.2 Å². The van der Waals surface area contributed by atoms with Crippen LogP contribution in [0.4, 0.5) is 0 Å². The first kappa shape index (κ1) is 20.6. The van der Waals surface area contributed by atoms with Gasteiger partial charge in [-0.05, 0) is 71.1 Å². The van der Waals surface area contributed by atoms with E-state index in [1.165, 1.54) is 6.42 Å². The van der Waals surface area contributed by atoms with Crippen molar-refractivity contribution >= 4 is 33.7 Å². The molecule has 1 aromatic heterocycles. The first-order valence-electron chi connectivity index (χ1n) is 10.4. The van der Waals surface area contributed by atoms with Crippen LogP contribution in [0.3, 0.4) is 0 Å². The minimum Gasteiger partial charge on any atom is -0.462 e. The van der Waals surface area contributed by atoms with Crippen LogP contribution < -0.4 is 0 Å². The number of aromatic amines is 1. The number of hydrogen-bond donors (Lipinski definition) is 1. The van der Waals surface area contributed by atoms with Crippen molar-refractivity contribution in [3.05, 3.63) is 22.5 Å². The first-order chi connectivity index (χ1) is 13.7. The van der Waals surface area contributed by atoms with E-state index in [9.17, 15) is 14.4 Å². The number of Topliss-reactive ketones (excluding diaryl/α,β-unsaturated/α-hetero) is 1. The molecule has 4 fully saturated rings. The zero-order chi connectivity index (χ0) is 21.0. The molecule has 0 spiro atoms. The van der Waals surface area contributed by atoms with Gasteiger partial charge >= 0.3 is 11.9 Å². The smallest absolute Gasteiger partial charge is 0.340 e. The van der Waals surface area contributed by atoms with Crippen LogP contribution in [0.1, 0.15) is 77.6 Å². The van der Waals surface area contributed by atoms with Gasteiger partial charge in [-0.25, -0.2) is 4.79 Å². The van der Waals surface area contributed by atoms with Gasteiger partial charge in [0.25, 0.3) is 0 Å². The summed E-state index contributed by atoms with van der Waals surface area (Å²) in [7, 11) is 0. The molecule has 0 aliphatic heterocycles. The molecule has 0 aromatic carbocycles. The Labute approximate surface area is 179 Å². The van der Waals surface area contributed by atoms with Gasteiger partial charge in [0, 0.05) is 15.7 Å². The number of esters is 2. The molecule has 0 amide bonds. The Bertz CT molecular complexity index is 859. The maximum atomic E-state index is 13.1. The van der Waals surface area contributed by atoms with Gasteiger partial charge in [0.05, 0.1) is 23.1 Å². The monoisotopic (exact) mass is 465 g/mol. The molecule has 158 valence electrons. The van der Waals surface area contributed by atoms with Crippen LogP contribution in [0, 0.1) is 31.1 Å². The average molecular weight is 466 g/mol. The number of H-pyrrole nitrogens is 1. The van der Waals surface area contributed by atoms with E-state index in [0.717, 1.165) is 32.1 Å². The second-order valence-electron chi connectivity index (χ2n) is 9.24. The Morgan fingerprint density at radius 3 is 2.24 bits per heavy atom. The number of carbonyl (C=O) groups is 3. The molecule has 4 aliphatic carbocycles. The molecule has 4 aliphatic rings. The minimum absolute atomic E-state index is 0.0472. The zero-order valence-corrected chi connectivity index (χ0v) is 18.8. The van der Waals surface area contributed by atoms with Gasteiger partial charge in [0.15, 0.2) is 6.61 Å². The van der Waals surface area contributed by atoms with Gasteiger partial charge in [-0.2, -0.15) is 0 Å². The summed E-state index contributed by atoms with van der Waals surface area (Å²) >= 11 is 3.90. The van der Waals surface area contributed by atoms with Gasteiger partial charge in [-0.3, -0.25) is 9.59 Å². The topological polar surface area (TPSA) is 85.5 Å². The van der Waals surface area contributed by atoms with E-state index >= 15 is 0 Å². The number of rotatable bonds is 6. The Kier molecular flexibility index (Phi) is 5.16. The molecule has 1 heterocycles. The second-order valence-corrected chi connectivity index (χ2v) is 10.9. The van der Waals surface area contributed by atoms with Crippen molar-refractivity contribution in [3.8, 4) is 0 Å². The fourth-order valence-corrected chi connectivity index (χ4v) is 7.79. The van der Waals surface area contributed by atoms with E-state index in [1.54, 1.807) is 20.8 Å². The fourth-order valence-electron chi connectivity index (χ4n) is 6.33. The number of halogens is 1. The molecular formula is C22H28BrNO5. The molecule has 5 rings (SSSR count). The zero-order valence-electron chi connectivity index (χ0n) is 17.2. The lowest BCUT2D eigenvalue weighted by Crippen LogP contribution is -2.56. The molecule has 4 saturated carbocycles. The SMILES string of the molecule is CCOC(=O)c1c(C)[nH]c(C)c1C(=O)COC(=O)C12C[C@H]3C[C@@H](CC(Br)(C3)C1)C2. The number of hydrogen-bond acceptors (Lipinski definition) is 5. The summed E-state index contributed by atoms with van der Waals surface area (Å²) in [5.41, 5.74) is 1.19. The molecular weight excluding hydrogens is 438 g/mol. The number of ketones is 1. The summed E-state index contributed by atoms with van der Waals surface area (Å²) in [4.78, 5) is 41.3. The molecule has 2 atom stereocenters. The lowest BCUT2D eigenvalue weighted by molar-refractivity contribution is -0.168. The molecule has 6 nitrogen and oxygen atoms in total. The van der Waals surface area contributed by atoms with Crippen LogP contribution in [0.25, 0.3) is 0 Å². The van der Waals surface area contributed by atoms with Gasteiger partial charge in [-0.1, -0.05) is 15.9 Å². The number of aromatic nitrogens is 1. The number of carbonyl (C=O) groups excluding carboxylic acids is 3. The van der Waals surface area contributed by atoms with Crippen LogP contribution in [-0.2, 0) is 14.3 Å². The lowest BCUT2D eigenvalue weighted by atomic mass is 9.49. The summed E-state index contributed by atoms with van der Waals surface area (Å²) in [6.45, 7) is 5.06. The van der Waals surface area contributed by atoms with Crippen molar-refractivity contribution in [2.45, 2.75) is 63.6 Å². The largest absolute Gasteiger partial charge is 0.462 e.